The number of hydrogen-bond acceptors (Lipinski definition) is 3. The number of phenolic OH excluding ortho intramolecular Hbond substituents is 1. The third kappa shape index (κ3) is 2.12. The second-order valence-corrected chi connectivity index (χ2v) is 6.04. The highest BCUT2D eigenvalue weighted by Crippen LogP contribution is 2.57. The van der Waals surface area contributed by atoms with Crippen LogP contribution in [0.3, 0.4) is 0 Å². The van der Waals surface area contributed by atoms with Crippen LogP contribution < -0.4 is 0 Å². The summed E-state index contributed by atoms with van der Waals surface area (Å²) in [5.74, 6) is -3.69. The summed E-state index contributed by atoms with van der Waals surface area (Å²) in [7, 11) is 0. The molecule has 0 amide bonds. The highest BCUT2D eigenvalue weighted by molar-refractivity contribution is 5.25. The van der Waals surface area contributed by atoms with Crippen LogP contribution in [0.25, 0.3) is 0 Å². The zero-order valence-electron chi connectivity index (χ0n) is 11.4. The Morgan fingerprint density at radius 3 is 2.24 bits per heavy atom. The SMILES string of the molecule is Oc1ccc(COC23CCC(O)(CC2)C(F)(F)C3F)cc1. The Labute approximate surface area is 120 Å². The number of aliphatic hydroxyl groups is 1. The molecule has 21 heavy (non-hydrogen) atoms. The van der Waals surface area contributed by atoms with E-state index in [0.29, 0.717) is 5.56 Å². The van der Waals surface area contributed by atoms with Crippen LogP contribution in [0.2, 0.25) is 0 Å². The largest absolute Gasteiger partial charge is 0.508 e. The maximum Gasteiger partial charge on any atom is 0.309 e. The maximum atomic E-state index is 14.2. The Balaban J connectivity index is 1.77. The predicted molar refractivity (Wildman–Crippen MR) is 68.9 cm³/mol. The number of rotatable bonds is 3. The molecule has 2 N–H and O–H groups in total. The molecule has 0 heterocycles. The van der Waals surface area contributed by atoms with Gasteiger partial charge in [-0.05, 0) is 43.4 Å². The summed E-state index contributed by atoms with van der Waals surface area (Å²) in [5.41, 5.74) is -3.11. The van der Waals surface area contributed by atoms with Gasteiger partial charge in [0.1, 0.15) is 17.0 Å². The van der Waals surface area contributed by atoms with Crippen LogP contribution in [0.1, 0.15) is 31.2 Å². The second-order valence-electron chi connectivity index (χ2n) is 6.04. The lowest BCUT2D eigenvalue weighted by atomic mass is 9.61. The first-order chi connectivity index (χ1) is 9.79. The van der Waals surface area contributed by atoms with Crippen molar-refractivity contribution < 1.29 is 28.1 Å². The van der Waals surface area contributed by atoms with Crippen molar-refractivity contribution in [2.24, 2.45) is 0 Å². The molecule has 0 saturated heterocycles. The quantitative estimate of drug-likeness (QED) is 0.902. The third-order valence-corrected chi connectivity index (χ3v) is 4.79. The molecule has 1 aromatic carbocycles. The lowest BCUT2D eigenvalue weighted by molar-refractivity contribution is -0.324. The molecule has 3 fully saturated rings. The predicted octanol–water partition coefficient (Wildman–Crippen LogP) is 2.94. The number of alkyl halides is 3. The van der Waals surface area contributed by atoms with Crippen LogP contribution in [0.4, 0.5) is 13.2 Å². The number of halogens is 3. The van der Waals surface area contributed by atoms with E-state index in [4.69, 9.17) is 4.74 Å². The van der Waals surface area contributed by atoms with Crippen molar-refractivity contribution >= 4 is 0 Å². The molecule has 3 aliphatic rings. The fourth-order valence-corrected chi connectivity index (χ4v) is 3.28. The Morgan fingerprint density at radius 1 is 1.10 bits per heavy atom. The molecule has 3 nitrogen and oxygen atoms in total. The van der Waals surface area contributed by atoms with Gasteiger partial charge in [-0.1, -0.05) is 12.1 Å². The monoisotopic (exact) mass is 302 g/mol. The van der Waals surface area contributed by atoms with E-state index in [1.165, 1.54) is 12.1 Å². The molecule has 0 radical (unpaired) electrons. The summed E-state index contributed by atoms with van der Waals surface area (Å²) in [6.45, 7) is -0.00475. The number of fused-ring (bicyclic) bond motifs is 3. The van der Waals surface area contributed by atoms with Crippen LogP contribution in [0.5, 0.6) is 5.75 Å². The summed E-state index contributed by atoms with van der Waals surface area (Å²) in [6.07, 6.45) is -2.66. The zero-order valence-corrected chi connectivity index (χ0v) is 11.4. The highest BCUT2D eigenvalue weighted by Gasteiger charge is 2.72. The summed E-state index contributed by atoms with van der Waals surface area (Å²) < 4.78 is 47.7. The number of ether oxygens (including phenoxy) is 1. The van der Waals surface area contributed by atoms with E-state index in [9.17, 15) is 23.4 Å². The van der Waals surface area contributed by atoms with E-state index in [0.717, 1.165) is 0 Å². The van der Waals surface area contributed by atoms with E-state index < -0.39 is 23.3 Å². The Bertz CT molecular complexity index is 521. The number of hydrogen-bond donors (Lipinski definition) is 2. The van der Waals surface area contributed by atoms with Gasteiger partial charge in [-0.15, -0.1) is 0 Å². The molecule has 2 bridgehead atoms. The normalized spacial score (nSPS) is 37.6. The smallest absolute Gasteiger partial charge is 0.309 e. The lowest BCUT2D eigenvalue weighted by Gasteiger charge is -2.56. The summed E-state index contributed by atoms with van der Waals surface area (Å²) >= 11 is 0. The number of phenols is 1. The summed E-state index contributed by atoms with van der Waals surface area (Å²) in [6, 6.07) is 6.11. The average Bonchev–Trinajstić information content (AvgIpc) is 2.46. The van der Waals surface area contributed by atoms with Gasteiger partial charge >= 0.3 is 5.92 Å². The minimum atomic E-state index is -3.78. The molecule has 0 aromatic heterocycles. The molecule has 3 saturated carbocycles. The number of benzene rings is 1. The summed E-state index contributed by atoms with van der Waals surface area (Å²) in [5, 5.41) is 19.1. The zero-order chi connectivity index (χ0) is 15.3. The van der Waals surface area contributed by atoms with E-state index in [-0.39, 0.29) is 38.0 Å². The van der Waals surface area contributed by atoms with Gasteiger partial charge in [0.25, 0.3) is 0 Å². The second kappa shape index (κ2) is 4.61. The molecule has 1 unspecified atom stereocenters. The van der Waals surface area contributed by atoms with Crippen molar-refractivity contribution in [2.75, 3.05) is 0 Å². The van der Waals surface area contributed by atoms with Crippen LogP contribution in [0, 0.1) is 0 Å². The molecule has 1 atom stereocenters. The van der Waals surface area contributed by atoms with Crippen molar-refractivity contribution in [3.63, 3.8) is 0 Å². The molecular formula is C15H17F3O3. The van der Waals surface area contributed by atoms with Crippen molar-refractivity contribution in [1.29, 1.82) is 0 Å². The minimum absolute atomic E-state index is 0.00475. The topological polar surface area (TPSA) is 49.7 Å². The van der Waals surface area contributed by atoms with E-state index in [1.807, 2.05) is 0 Å². The van der Waals surface area contributed by atoms with Crippen molar-refractivity contribution in [2.45, 2.75) is 55.6 Å². The van der Waals surface area contributed by atoms with E-state index in [2.05, 4.69) is 0 Å². The molecular weight excluding hydrogens is 285 g/mol. The Hall–Kier alpha value is -1.27. The Morgan fingerprint density at radius 2 is 1.67 bits per heavy atom. The summed E-state index contributed by atoms with van der Waals surface area (Å²) in [4.78, 5) is 0. The fraction of sp³-hybridized carbons (Fsp3) is 0.600. The lowest BCUT2D eigenvalue weighted by Crippen LogP contribution is -2.71. The van der Waals surface area contributed by atoms with Crippen molar-refractivity contribution in [3.8, 4) is 5.75 Å². The van der Waals surface area contributed by atoms with Crippen molar-refractivity contribution in [1.82, 2.24) is 0 Å². The van der Waals surface area contributed by atoms with Crippen LogP contribution in [-0.4, -0.2) is 33.5 Å². The molecule has 6 heteroatoms. The standard InChI is InChI=1S/C15H17F3O3/c16-12-13(21-9-10-1-3-11(19)4-2-10)5-7-14(20,8-6-13)15(12,17)18/h1-4,12,19-20H,5-9H2. The van der Waals surface area contributed by atoms with Gasteiger partial charge in [0.2, 0.25) is 0 Å². The molecule has 4 rings (SSSR count). The van der Waals surface area contributed by atoms with E-state index in [1.54, 1.807) is 12.1 Å². The van der Waals surface area contributed by atoms with E-state index >= 15 is 0 Å². The molecule has 116 valence electrons. The van der Waals surface area contributed by atoms with Crippen LogP contribution in [0.15, 0.2) is 24.3 Å². The number of aromatic hydroxyl groups is 1. The average molecular weight is 302 g/mol. The van der Waals surface area contributed by atoms with Crippen LogP contribution in [-0.2, 0) is 11.3 Å². The molecule has 1 aromatic rings. The maximum absolute atomic E-state index is 14.2. The van der Waals surface area contributed by atoms with Gasteiger partial charge in [-0.3, -0.25) is 0 Å². The third-order valence-electron chi connectivity index (χ3n) is 4.79. The fourth-order valence-electron chi connectivity index (χ4n) is 3.28. The highest BCUT2D eigenvalue weighted by atomic mass is 19.3. The first-order valence-electron chi connectivity index (χ1n) is 6.95. The van der Waals surface area contributed by atoms with Gasteiger partial charge in [-0.2, -0.15) is 0 Å². The molecule has 0 spiro atoms. The molecule has 0 aliphatic heterocycles. The first kappa shape index (κ1) is 14.7. The van der Waals surface area contributed by atoms with Gasteiger partial charge in [0, 0.05) is 0 Å². The van der Waals surface area contributed by atoms with Gasteiger partial charge < -0.3 is 14.9 Å². The first-order valence-corrected chi connectivity index (χ1v) is 6.95. The molecule has 3 aliphatic carbocycles. The van der Waals surface area contributed by atoms with Crippen molar-refractivity contribution in [3.05, 3.63) is 29.8 Å². The van der Waals surface area contributed by atoms with Gasteiger partial charge in [0.05, 0.1) is 6.61 Å². The van der Waals surface area contributed by atoms with Gasteiger partial charge in [0.15, 0.2) is 6.17 Å². The Kier molecular flexibility index (Phi) is 3.22. The van der Waals surface area contributed by atoms with Gasteiger partial charge in [-0.25, -0.2) is 13.2 Å². The van der Waals surface area contributed by atoms with Crippen LogP contribution >= 0.6 is 0 Å². The minimum Gasteiger partial charge on any atom is -0.508 e.